The standard InChI is InChI=1S/C22H21O4P/c1-13-8-10-19-15(3)21(13)17-6-5-7-18(12-17)22-14(2)9-11-20(16(22)4)26-27(23,24)25-19/h5-12H,1-4H3,(H,23,24). The Labute approximate surface area is 159 Å². The van der Waals surface area contributed by atoms with Crippen molar-refractivity contribution in [2.45, 2.75) is 27.7 Å². The number of phosphoric ester groups is 1. The van der Waals surface area contributed by atoms with Crippen molar-refractivity contribution in [1.82, 2.24) is 0 Å². The molecule has 0 aromatic heterocycles. The summed E-state index contributed by atoms with van der Waals surface area (Å²) >= 11 is 0. The molecule has 27 heavy (non-hydrogen) atoms. The molecule has 3 aromatic carbocycles. The fourth-order valence-electron chi connectivity index (χ4n) is 3.84. The van der Waals surface area contributed by atoms with Gasteiger partial charge in [0, 0.05) is 0 Å². The number of hydrogen-bond acceptors (Lipinski definition) is 3. The Hall–Kier alpha value is -2.55. The van der Waals surface area contributed by atoms with Crippen LogP contribution < -0.4 is 9.05 Å². The zero-order valence-corrected chi connectivity index (χ0v) is 16.6. The van der Waals surface area contributed by atoms with Crippen LogP contribution in [0.25, 0.3) is 22.3 Å². The van der Waals surface area contributed by atoms with Gasteiger partial charge in [0.15, 0.2) is 0 Å². The number of aryl methyl sites for hydroxylation is 2. The molecule has 1 heterocycles. The van der Waals surface area contributed by atoms with E-state index in [1.807, 2.05) is 45.9 Å². The molecule has 4 nitrogen and oxygen atoms in total. The zero-order valence-electron chi connectivity index (χ0n) is 15.7. The minimum absolute atomic E-state index is 0.345. The van der Waals surface area contributed by atoms with E-state index >= 15 is 0 Å². The van der Waals surface area contributed by atoms with Crippen molar-refractivity contribution in [3.63, 3.8) is 0 Å². The molecule has 3 aromatic rings. The van der Waals surface area contributed by atoms with Gasteiger partial charge in [-0.25, -0.2) is 4.57 Å². The maximum atomic E-state index is 12.7. The molecular weight excluding hydrogens is 359 g/mol. The molecule has 0 saturated heterocycles. The monoisotopic (exact) mass is 380 g/mol. The first-order valence-corrected chi connectivity index (χ1v) is 10.3. The van der Waals surface area contributed by atoms with E-state index in [2.05, 4.69) is 18.2 Å². The van der Waals surface area contributed by atoms with Gasteiger partial charge in [0.2, 0.25) is 0 Å². The number of rotatable bonds is 0. The van der Waals surface area contributed by atoms with Gasteiger partial charge < -0.3 is 9.05 Å². The van der Waals surface area contributed by atoms with Gasteiger partial charge in [-0.05, 0) is 90.4 Å². The van der Waals surface area contributed by atoms with E-state index in [9.17, 15) is 9.46 Å². The summed E-state index contributed by atoms with van der Waals surface area (Å²) in [4.78, 5) is 10.4. The highest BCUT2D eigenvalue weighted by Gasteiger charge is 2.29. The lowest BCUT2D eigenvalue weighted by atomic mass is 9.90. The van der Waals surface area contributed by atoms with E-state index in [1.54, 1.807) is 12.1 Å². The summed E-state index contributed by atoms with van der Waals surface area (Å²) in [5, 5.41) is 0. The molecule has 5 heteroatoms. The van der Waals surface area contributed by atoms with Crippen LogP contribution >= 0.6 is 7.82 Å². The third-order valence-electron chi connectivity index (χ3n) is 5.11. The Balaban J connectivity index is 2.11. The Morgan fingerprint density at radius 3 is 1.63 bits per heavy atom. The molecule has 0 radical (unpaired) electrons. The summed E-state index contributed by atoms with van der Waals surface area (Å²) < 4.78 is 23.6. The van der Waals surface area contributed by atoms with Gasteiger partial charge in [-0.15, -0.1) is 0 Å². The molecule has 6 bridgehead atoms. The predicted octanol–water partition coefficient (Wildman–Crippen LogP) is 6.13. The average Bonchev–Trinajstić information content (AvgIpc) is 2.60. The van der Waals surface area contributed by atoms with Crippen LogP contribution in [0.15, 0.2) is 48.5 Å². The third-order valence-corrected chi connectivity index (χ3v) is 5.97. The van der Waals surface area contributed by atoms with E-state index in [-0.39, 0.29) is 0 Å². The van der Waals surface area contributed by atoms with Gasteiger partial charge in [0.25, 0.3) is 0 Å². The zero-order chi connectivity index (χ0) is 19.3. The van der Waals surface area contributed by atoms with Gasteiger partial charge in [0.1, 0.15) is 11.5 Å². The lowest BCUT2D eigenvalue weighted by molar-refractivity contribution is 0.289. The molecule has 0 saturated carbocycles. The fraction of sp³-hybridized carbons (Fsp3) is 0.182. The van der Waals surface area contributed by atoms with Crippen LogP contribution in [-0.2, 0) is 4.57 Å². The van der Waals surface area contributed by atoms with Gasteiger partial charge in [0.05, 0.1) is 0 Å². The van der Waals surface area contributed by atoms with Gasteiger partial charge in [-0.1, -0.05) is 30.3 Å². The van der Waals surface area contributed by atoms with Crippen LogP contribution in [-0.4, -0.2) is 4.89 Å². The van der Waals surface area contributed by atoms with Crippen molar-refractivity contribution in [1.29, 1.82) is 0 Å². The Morgan fingerprint density at radius 2 is 1.19 bits per heavy atom. The summed E-state index contributed by atoms with van der Waals surface area (Å²) in [6.07, 6.45) is 0. The van der Waals surface area contributed by atoms with Crippen LogP contribution in [0.4, 0.5) is 0 Å². The smallest absolute Gasteiger partial charge is 0.395 e. The molecule has 0 unspecified atom stereocenters. The third kappa shape index (κ3) is 3.05. The van der Waals surface area contributed by atoms with Gasteiger partial charge in [-0.2, -0.15) is 0 Å². The molecule has 0 aliphatic carbocycles. The average molecular weight is 380 g/mol. The molecule has 1 aliphatic heterocycles. The molecule has 4 rings (SSSR count). The Bertz CT molecular complexity index is 1040. The second-order valence-corrected chi connectivity index (χ2v) is 8.30. The van der Waals surface area contributed by atoms with E-state index in [0.717, 1.165) is 44.5 Å². The highest BCUT2D eigenvalue weighted by molar-refractivity contribution is 7.48. The van der Waals surface area contributed by atoms with Crippen molar-refractivity contribution >= 4 is 7.82 Å². The summed E-state index contributed by atoms with van der Waals surface area (Å²) in [5.74, 6) is 0.690. The fourth-order valence-corrected chi connectivity index (χ4v) is 4.77. The number of fused-ring (bicyclic) bond motifs is 8. The highest BCUT2D eigenvalue weighted by atomic mass is 31.2. The minimum atomic E-state index is -4.33. The van der Waals surface area contributed by atoms with Crippen molar-refractivity contribution in [2.75, 3.05) is 0 Å². The van der Waals surface area contributed by atoms with Crippen molar-refractivity contribution in [3.8, 4) is 33.8 Å². The molecule has 0 atom stereocenters. The lowest BCUT2D eigenvalue weighted by Crippen LogP contribution is -2.04. The second-order valence-electron chi connectivity index (χ2n) is 6.99. The number of hydrogen-bond donors (Lipinski definition) is 1. The first-order chi connectivity index (χ1) is 12.8. The first kappa shape index (κ1) is 17.8. The van der Waals surface area contributed by atoms with Crippen molar-refractivity contribution in [3.05, 3.63) is 70.8 Å². The summed E-state index contributed by atoms with van der Waals surface area (Å²) in [5.41, 5.74) is 7.86. The highest BCUT2D eigenvalue weighted by Crippen LogP contribution is 2.49. The largest absolute Gasteiger partial charge is 0.584 e. The van der Waals surface area contributed by atoms with Crippen molar-refractivity contribution in [2.24, 2.45) is 0 Å². The van der Waals surface area contributed by atoms with E-state index < -0.39 is 7.82 Å². The summed E-state index contributed by atoms with van der Waals surface area (Å²) in [6.45, 7) is 7.84. The topological polar surface area (TPSA) is 55.8 Å². The molecule has 138 valence electrons. The normalized spacial score (nSPS) is 14.4. The minimum Gasteiger partial charge on any atom is -0.395 e. The molecular formula is C22H21O4P. The van der Waals surface area contributed by atoms with Gasteiger partial charge >= 0.3 is 7.82 Å². The molecule has 1 aliphatic rings. The molecule has 0 spiro atoms. The maximum Gasteiger partial charge on any atom is 0.584 e. The summed E-state index contributed by atoms with van der Waals surface area (Å²) in [6, 6.07) is 15.5. The number of benzene rings is 3. The first-order valence-electron chi connectivity index (χ1n) is 8.80. The van der Waals surface area contributed by atoms with Crippen LogP contribution in [0.1, 0.15) is 22.3 Å². The van der Waals surface area contributed by atoms with Crippen LogP contribution in [0, 0.1) is 27.7 Å². The van der Waals surface area contributed by atoms with Crippen LogP contribution in [0.2, 0.25) is 0 Å². The molecule has 0 fully saturated rings. The Kier molecular flexibility index (Phi) is 4.14. The number of phosphoric acid groups is 1. The molecule has 0 amide bonds. The molecule has 1 N–H and O–H groups in total. The van der Waals surface area contributed by atoms with Gasteiger partial charge in [-0.3, -0.25) is 4.89 Å². The Morgan fingerprint density at radius 1 is 0.741 bits per heavy atom. The van der Waals surface area contributed by atoms with Crippen LogP contribution in [0.5, 0.6) is 11.5 Å². The van der Waals surface area contributed by atoms with Crippen LogP contribution in [0.3, 0.4) is 0 Å². The van der Waals surface area contributed by atoms with E-state index in [1.165, 1.54) is 0 Å². The second kappa shape index (κ2) is 6.26. The lowest BCUT2D eigenvalue weighted by Gasteiger charge is -2.22. The summed E-state index contributed by atoms with van der Waals surface area (Å²) in [7, 11) is -4.33. The quantitative estimate of drug-likeness (QED) is 0.477. The van der Waals surface area contributed by atoms with E-state index in [0.29, 0.717) is 11.5 Å². The van der Waals surface area contributed by atoms with E-state index in [4.69, 9.17) is 9.05 Å². The SMILES string of the molecule is Cc1ccc2c(C)c1-c1cccc(c1)-c1c(C)ccc(c1C)OP(=O)(O)O2. The predicted molar refractivity (Wildman–Crippen MR) is 107 cm³/mol. The van der Waals surface area contributed by atoms with Crippen molar-refractivity contribution < 1.29 is 18.5 Å². The maximum absolute atomic E-state index is 12.7.